The summed E-state index contributed by atoms with van der Waals surface area (Å²) in [5, 5.41) is 0.759. The molecule has 21 heavy (non-hydrogen) atoms. The fourth-order valence-electron chi connectivity index (χ4n) is 2.43. The summed E-state index contributed by atoms with van der Waals surface area (Å²) in [5.41, 5.74) is 8.60. The normalized spacial score (nSPS) is 14.8. The van der Waals surface area contributed by atoms with E-state index >= 15 is 0 Å². The average molecular weight is 304 g/mol. The van der Waals surface area contributed by atoms with Gasteiger partial charge in [-0.05, 0) is 48.2 Å². The van der Waals surface area contributed by atoms with E-state index in [1.807, 2.05) is 42.5 Å². The van der Waals surface area contributed by atoms with Crippen molar-refractivity contribution in [1.29, 1.82) is 0 Å². The molecule has 0 fully saturated rings. The van der Waals surface area contributed by atoms with Crippen LogP contribution in [-0.4, -0.2) is 13.2 Å². The Morgan fingerprint density at radius 3 is 2.48 bits per heavy atom. The van der Waals surface area contributed by atoms with Crippen LogP contribution in [-0.2, 0) is 6.42 Å². The van der Waals surface area contributed by atoms with E-state index in [-0.39, 0.29) is 6.04 Å². The van der Waals surface area contributed by atoms with Gasteiger partial charge in [0.2, 0.25) is 0 Å². The third-order valence-electron chi connectivity index (χ3n) is 3.65. The smallest absolute Gasteiger partial charge is 0.161 e. The minimum absolute atomic E-state index is 0.0171. The summed E-state index contributed by atoms with van der Waals surface area (Å²) in [5.74, 6) is 1.59. The van der Waals surface area contributed by atoms with Crippen molar-refractivity contribution in [3.05, 3.63) is 58.6 Å². The summed E-state index contributed by atoms with van der Waals surface area (Å²) in [6, 6.07) is 13.8. The van der Waals surface area contributed by atoms with E-state index < -0.39 is 0 Å². The first kappa shape index (κ1) is 14.2. The number of aryl methyl sites for hydroxylation is 1. The Balaban J connectivity index is 1.65. The molecule has 110 valence electrons. The van der Waals surface area contributed by atoms with Gasteiger partial charge in [0, 0.05) is 11.1 Å². The number of hydrogen-bond donors (Lipinski definition) is 1. The molecule has 0 aliphatic carbocycles. The second-order valence-corrected chi connectivity index (χ2v) is 5.61. The van der Waals surface area contributed by atoms with Gasteiger partial charge in [0.05, 0.1) is 0 Å². The number of benzene rings is 2. The fourth-order valence-corrected chi connectivity index (χ4v) is 2.56. The molecule has 0 aromatic heterocycles. The molecular formula is C17H18ClNO2. The van der Waals surface area contributed by atoms with Crippen molar-refractivity contribution in [3.63, 3.8) is 0 Å². The molecule has 0 saturated carbocycles. The highest BCUT2D eigenvalue weighted by molar-refractivity contribution is 6.30. The van der Waals surface area contributed by atoms with Crippen LogP contribution in [0.3, 0.4) is 0 Å². The predicted molar refractivity (Wildman–Crippen MR) is 84.1 cm³/mol. The molecule has 3 rings (SSSR count). The van der Waals surface area contributed by atoms with Crippen molar-refractivity contribution >= 4 is 11.6 Å². The van der Waals surface area contributed by atoms with Gasteiger partial charge in [-0.1, -0.05) is 29.8 Å². The van der Waals surface area contributed by atoms with Gasteiger partial charge in [-0.15, -0.1) is 0 Å². The molecule has 0 unspecified atom stereocenters. The molecule has 0 bridgehead atoms. The van der Waals surface area contributed by atoms with E-state index in [0.717, 1.165) is 34.9 Å². The van der Waals surface area contributed by atoms with E-state index in [1.54, 1.807) is 0 Å². The number of hydrogen-bond acceptors (Lipinski definition) is 3. The quantitative estimate of drug-likeness (QED) is 0.935. The number of rotatable bonds is 4. The lowest BCUT2D eigenvalue weighted by atomic mass is 9.99. The van der Waals surface area contributed by atoms with Crippen LogP contribution < -0.4 is 15.2 Å². The highest BCUT2D eigenvalue weighted by Crippen LogP contribution is 2.33. The highest BCUT2D eigenvalue weighted by atomic mass is 35.5. The molecule has 1 atom stereocenters. The highest BCUT2D eigenvalue weighted by Gasteiger charge is 2.14. The molecule has 0 saturated heterocycles. The Labute approximate surface area is 129 Å². The molecule has 4 heteroatoms. The maximum atomic E-state index is 6.28. The van der Waals surface area contributed by atoms with Gasteiger partial charge >= 0.3 is 0 Å². The summed E-state index contributed by atoms with van der Waals surface area (Å²) < 4.78 is 11.1. The fraction of sp³-hybridized carbons (Fsp3) is 0.294. The predicted octanol–water partition coefficient (Wildman–Crippen LogP) is 3.74. The van der Waals surface area contributed by atoms with Crippen LogP contribution in [0, 0.1) is 0 Å². The second-order valence-electron chi connectivity index (χ2n) is 5.17. The first-order valence-corrected chi connectivity index (χ1v) is 7.50. The largest absolute Gasteiger partial charge is 0.486 e. The lowest BCUT2D eigenvalue weighted by molar-refractivity contribution is 0.171. The molecule has 0 amide bonds. The van der Waals surface area contributed by atoms with Crippen LogP contribution in [0.1, 0.15) is 23.6 Å². The van der Waals surface area contributed by atoms with Gasteiger partial charge in [0.1, 0.15) is 13.2 Å². The summed E-state index contributed by atoms with van der Waals surface area (Å²) in [7, 11) is 0. The van der Waals surface area contributed by atoms with E-state index in [1.165, 1.54) is 5.56 Å². The van der Waals surface area contributed by atoms with Crippen LogP contribution in [0.4, 0.5) is 0 Å². The molecule has 0 radical (unpaired) electrons. The monoisotopic (exact) mass is 303 g/mol. The minimum atomic E-state index is -0.0171. The van der Waals surface area contributed by atoms with Crippen molar-refractivity contribution in [2.75, 3.05) is 13.2 Å². The lowest BCUT2D eigenvalue weighted by Crippen LogP contribution is -2.17. The van der Waals surface area contributed by atoms with E-state index in [4.69, 9.17) is 26.8 Å². The molecule has 2 aromatic carbocycles. The van der Waals surface area contributed by atoms with Crippen molar-refractivity contribution in [2.45, 2.75) is 18.9 Å². The maximum Gasteiger partial charge on any atom is 0.161 e. The van der Waals surface area contributed by atoms with Crippen molar-refractivity contribution in [2.24, 2.45) is 5.73 Å². The molecule has 0 spiro atoms. The molecule has 1 heterocycles. The van der Waals surface area contributed by atoms with Crippen LogP contribution in [0.15, 0.2) is 42.5 Å². The van der Waals surface area contributed by atoms with E-state index in [9.17, 15) is 0 Å². The zero-order valence-electron chi connectivity index (χ0n) is 11.7. The first-order valence-electron chi connectivity index (χ1n) is 7.12. The van der Waals surface area contributed by atoms with Gasteiger partial charge in [0.15, 0.2) is 11.5 Å². The molecule has 1 aliphatic heterocycles. The zero-order valence-corrected chi connectivity index (χ0v) is 12.5. The summed E-state index contributed by atoms with van der Waals surface area (Å²) >= 11 is 5.89. The minimum Gasteiger partial charge on any atom is -0.486 e. The Hall–Kier alpha value is -1.71. The topological polar surface area (TPSA) is 44.5 Å². The summed E-state index contributed by atoms with van der Waals surface area (Å²) in [6.45, 7) is 1.20. The van der Waals surface area contributed by atoms with Gasteiger partial charge in [-0.2, -0.15) is 0 Å². The van der Waals surface area contributed by atoms with Crippen molar-refractivity contribution in [3.8, 4) is 11.5 Å². The van der Waals surface area contributed by atoms with Crippen LogP contribution in [0.2, 0.25) is 5.02 Å². The molecule has 1 aliphatic rings. The van der Waals surface area contributed by atoms with Gasteiger partial charge in [-0.25, -0.2) is 0 Å². The number of halogens is 1. The van der Waals surface area contributed by atoms with E-state index in [2.05, 4.69) is 0 Å². The molecular weight excluding hydrogens is 286 g/mol. The van der Waals surface area contributed by atoms with Gasteiger partial charge in [0.25, 0.3) is 0 Å². The van der Waals surface area contributed by atoms with Crippen LogP contribution >= 0.6 is 11.6 Å². The van der Waals surface area contributed by atoms with E-state index in [0.29, 0.717) is 13.2 Å². The SMILES string of the molecule is N[C@@H](CCc1ccc(Cl)cc1)c1ccc2c(c1)OCCO2. The molecule has 3 nitrogen and oxygen atoms in total. The van der Waals surface area contributed by atoms with Crippen molar-refractivity contribution in [1.82, 2.24) is 0 Å². The number of fused-ring (bicyclic) bond motifs is 1. The second kappa shape index (κ2) is 6.37. The van der Waals surface area contributed by atoms with Gasteiger partial charge < -0.3 is 15.2 Å². The molecule has 2 aromatic rings. The van der Waals surface area contributed by atoms with Crippen LogP contribution in [0.25, 0.3) is 0 Å². The standard InChI is InChI=1S/C17H18ClNO2/c18-14-5-1-12(2-6-14)3-7-15(19)13-4-8-16-17(11-13)21-10-9-20-16/h1-2,4-6,8,11,15H,3,7,9-10,19H2/t15-/m0/s1. The average Bonchev–Trinajstić information content (AvgIpc) is 2.53. The summed E-state index contributed by atoms with van der Waals surface area (Å²) in [6.07, 6.45) is 1.80. The van der Waals surface area contributed by atoms with Gasteiger partial charge in [-0.3, -0.25) is 0 Å². The maximum absolute atomic E-state index is 6.28. The third kappa shape index (κ3) is 3.49. The zero-order chi connectivity index (χ0) is 14.7. The first-order chi connectivity index (χ1) is 10.2. The number of ether oxygens (including phenoxy) is 2. The Morgan fingerprint density at radius 2 is 1.71 bits per heavy atom. The third-order valence-corrected chi connectivity index (χ3v) is 3.90. The Bertz CT molecular complexity index is 613. The van der Waals surface area contributed by atoms with Crippen LogP contribution in [0.5, 0.6) is 11.5 Å². The Kier molecular flexibility index (Phi) is 4.32. The molecule has 2 N–H and O–H groups in total. The Morgan fingerprint density at radius 1 is 1.00 bits per heavy atom. The lowest BCUT2D eigenvalue weighted by Gasteiger charge is -2.20. The number of nitrogens with two attached hydrogens (primary N) is 1. The summed E-state index contributed by atoms with van der Waals surface area (Å²) in [4.78, 5) is 0. The van der Waals surface area contributed by atoms with Crippen molar-refractivity contribution < 1.29 is 9.47 Å².